The van der Waals surface area contributed by atoms with Gasteiger partial charge in [0.15, 0.2) is 0 Å². The number of carboxylic acids is 1. The molecule has 1 aliphatic rings. The van der Waals surface area contributed by atoms with Gasteiger partial charge in [-0.05, 0) is 25.0 Å². The van der Waals surface area contributed by atoms with Gasteiger partial charge in [0.1, 0.15) is 5.82 Å². The Bertz CT molecular complexity index is 596. The van der Waals surface area contributed by atoms with Crippen LogP contribution in [0.15, 0.2) is 24.3 Å². The number of nitrogens with zero attached hydrogens (tertiary/aromatic N) is 2. The third-order valence-electron chi connectivity index (χ3n) is 3.60. The lowest BCUT2D eigenvalue weighted by Gasteiger charge is -2.12. The van der Waals surface area contributed by atoms with E-state index in [0.717, 1.165) is 29.7 Å². The number of aliphatic carboxylic acids is 1. The first-order valence-corrected chi connectivity index (χ1v) is 5.76. The molecule has 88 valence electrons. The van der Waals surface area contributed by atoms with Crippen LogP contribution in [0.1, 0.15) is 25.1 Å². The average Bonchev–Trinajstić information content (AvgIpc) is 2.97. The lowest BCUT2D eigenvalue weighted by atomic mass is 10.0. The third kappa shape index (κ3) is 1.52. The molecule has 1 fully saturated rings. The summed E-state index contributed by atoms with van der Waals surface area (Å²) < 4.78 is 2.03. The number of aromatic nitrogens is 2. The Hall–Kier alpha value is -1.84. The van der Waals surface area contributed by atoms with Crippen LogP contribution in [0.4, 0.5) is 0 Å². The molecule has 2 aromatic rings. The topological polar surface area (TPSA) is 55.1 Å². The van der Waals surface area contributed by atoms with Gasteiger partial charge in [-0.2, -0.15) is 0 Å². The van der Waals surface area contributed by atoms with Gasteiger partial charge in [0.2, 0.25) is 0 Å². The van der Waals surface area contributed by atoms with Crippen LogP contribution in [-0.4, -0.2) is 20.6 Å². The van der Waals surface area contributed by atoms with Gasteiger partial charge in [-0.15, -0.1) is 0 Å². The van der Waals surface area contributed by atoms with Crippen molar-refractivity contribution in [3.05, 3.63) is 30.1 Å². The summed E-state index contributed by atoms with van der Waals surface area (Å²) in [5, 5.41) is 8.98. The summed E-state index contributed by atoms with van der Waals surface area (Å²) in [6.45, 7) is 0. The second-order valence-corrected chi connectivity index (χ2v) is 4.83. The van der Waals surface area contributed by atoms with Gasteiger partial charge < -0.3 is 9.67 Å². The fourth-order valence-electron chi connectivity index (χ4n) is 2.54. The van der Waals surface area contributed by atoms with E-state index in [1.54, 1.807) is 0 Å². The number of aryl methyl sites for hydroxylation is 1. The number of carboxylic acid groups (broad SMARTS) is 1. The first-order valence-electron chi connectivity index (χ1n) is 5.76. The van der Waals surface area contributed by atoms with E-state index < -0.39 is 5.97 Å². The molecule has 0 bridgehead atoms. The van der Waals surface area contributed by atoms with Crippen molar-refractivity contribution in [2.24, 2.45) is 7.05 Å². The Morgan fingerprint density at radius 2 is 2.18 bits per heavy atom. The first kappa shape index (κ1) is 10.3. The number of para-hydroxylation sites is 2. The Labute approximate surface area is 98.9 Å². The molecular formula is C13H14N2O2. The molecule has 3 rings (SSSR count). The number of fused-ring (bicyclic) bond motifs is 1. The van der Waals surface area contributed by atoms with Crippen LogP contribution >= 0.6 is 0 Å². The zero-order valence-electron chi connectivity index (χ0n) is 9.68. The van der Waals surface area contributed by atoms with Gasteiger partial charge in [-0.25, -0.2) is 4.98 Å². The van der Waals surface area contributed by atoms with Gasteiger partial charge in [0, 0.05) is 12.5 Å². The highest BCUT2D eigenvalue weighted by Gasteiger charge is 2.49. The fraction of sp³-hybridized carbons (Fsp3) is 0.385. The van der Waals surface area contributed by atoms with Gasteiger partial charge in [0.05, 0.1) is 17.5 Å². The largest absolute Gasteiger partial charge is 0.481 e. The van der Waals surface area contributed by atoms with Crippen LogP contribution in [0, 0.1) is 0 Å². The quantitative estimate of drug-likeness (QED) is 0.878. The van der Waals surface area contributed by atoms with Crippen LogP contribution in [0.2, 0.25) is 0 Å². The Balaban J connectivity index is 2.12. The number of rotatable bonds is 3. The molecule has 0 atom stereocenters. The van der Waals surface area contributed by atoms with E-state index in [4.69, 9.17) is 5.11 Å². The lowest BCUT2D eigenvalue weighted by molar-refractivity contribution is -0.137. The van der Waals surface area contributed by atoms with E-state index >= 15 is 0 Å². The molecule has 17 heavy (non-hydrogen) atoms. The molecular weight excluding hydrogens is 216 g/mol. The average molecular weight is 230 g/mol. The highest BCUT2D eigenvalue weighted by molar-refractivity contribution is 5.77. The first-order chi connectivity index (χ1) is 8.12. The van der Waals surface area contributed by atoms with Crippen molar-refractivity contribution >= 4 is 17.0 Å². The van der Waals surface area contributed by atoms with Crippen molar-refractivity contribution in [2.45, 2.75) is 24.7 Å². The van der Waals surface area contributed by atoms with Crippen molar-refractivity contribution in [3.63, 3.8) is 0 Å². The number of imidazole rings is 1. The van der Waals surface area contributed by atoms with Crippen LogP contribution in [-0.2, 0) is 17.3 Å². The van der Waals surface area contributed by atoms with Crippen molar-refractivity contribution in [2.75, 3.05) is 0 Å². The van der Waals surface area contributed by atoms with E-state index in [1.165, 1.54) is 0 Å². The molecule has 1 aliphatic carbocycles. The second kappa shape index (κ2) is 3.32. The lowest BCUT2D eigenvalue weighted by Crippen LogP contribution is -2.17. The van der Waals surface area contributed by atoms with Crippen molar-refractivity contribution < 1.29 is 9.90 Å². The molecule has 1 aromatic heterocycles. The van der Waals surface area contributed by atoms with E-state index in [0.29, 0.717) is 0 Å². The summed E-state index contributed by atoms with van der Waals surface area (Å²) in [5.41, 5.74) is 1.79. The smallest absolute Gasteiger partial charge is 0.304 e. The molecule has 1 aromatic carbocycles. The predicted octanol–water partition coefficient (Wildman–Crippen LogP) is 2.08. The summed E-state index contributed by atoms with van der Waals surface area (Å²) in [5.74, 6) is 0.177. The second-order valence-electron chi connectivity index (χ2n) is 4.83. The van der Waals surface area contributed by atoms with Crippen LogP contribution in [0.25, 0.3) is 11.0 Å². The standard InChI is InChI=1S/C13H14N2O2/c1-15-10-5-3-2-4-9(10)14-12(15)13(6-7-13)8-11(16)17/h2-5H,6-8H2,1H3,(H,16,17). The van der Waals surface area contributed by atoms with Crippen LogP contribution < -0.4 is 0 Å². The molecule has 1 heterocycles. The van der Waals surface area contributed by atoms with Crippen LogP contribution in [0.3, 0.4) is 0 Å². The summed E-state index contributed by atoms with van der Waals surface area (Å²) in [6, 6.07) is 7.92. The minimum absolute atomic E-state index is 0.185. The van der Waals surface area contributed by atoms with E-state index in [9.17, 15) is 4.79 Å². The number of carbonyl (C=O) groups is 1. The van der Waals surface area contributed by atoms with E-state index in [1.807, 2.05) is 35.9 Å². The molecule has 0 saturated heterocycles. The van der Waals surface area contributed by atoms with Gasteiger partial charge >= 0.3 is 5.97 Å². The molecule has 0 aliphatic heterocycles. The van der Waals surface area contributed by atoms with E-state index in [-0.39, 0.29) is 11.8 Å². The Morgan fingerprint density at radius 3 is 2.76 bits per heavy atom. The highest BCUT2D eigenvalue weighted by Crippen LogP contribution is 2.50. The molecule has 0 spiro atoms. The molecule has 1 N–H and O–H groups in total. The minimum atomic E-state index is -0.741. The monoisotopic (exact) mass is 230 g/mol. The summed E-state index contributed by atoms with van der Waals surface area (Å²) in [7, 11) is 1.96. The van der Waals surface area contributed by atoms with Crippen molar-refractivity contribution in [1.82, 2.24) is 9.55 Å². The van der Waals surface area contributed by atoms with Crippen molar-refractivity contribution in [3.8, 4) is 0 Å². The number of benzene rings is 1. The number of hydrogen-bond acceptors (Lipinski definition) is 2. The Morgan fingerprint density at radius 1 is 1.47 bits per heavy atom. The van der Waals surface area contributed by atoms with Gasteiger partial charge in [-0.1, -0.05) is 12.1 Å². The molecule has 0 amide bonds. The molecule has 0 unspecified atom stereocenters. The molecule has 4 nitrogen and oxygen atoms in total. The predicted molar refractivity (Wildman–Crippen MR) is 63.9 cm³/mol. The SMILES string of the molecule is Cn1c(C2(CC(=O)O)CC2)nc2ccccc21. The summed E-state index contributed by atoms with van der Waals surface area (Å²) in [6.07, 6.45) is 2.04. The third-order valence-corrected chi connectivity index (χ3v) is 3.60. The highest BCUT2D eigenvalue weighted by atomic mass is 16.4. The Kier molecular flexibility index (Phi) is 2.02. The fourth-order valence-corrected chi connectivity index (χ4v) is 2.54. The van der Waals surface area contributed by atoms with E-state index in [2.05, 4.69) is 4.98 Å². The summed E-state index contributed by atoms with van der Waals surface area (Å²) in [4.78, 5) is 15.5. The molecule has 0 radical (unpaired) electrons. The zero-order valence-corrected chi connectivity index (χ0v) is 9.68. The van der Waals surface area contributed by atoms with Gasteiger partial charge in [0.25, 0.3) is 0 Å². The molecule has 4 heteroatoms. The number of hydrogen-bond donors (Lipinski definition) is 1. The maximum atomic E-state index is 10.9. The minimum Gasteiger partial charge on any atom is -0.481 e. The molecule has 1 saturated carbocycles. The van der Waals surface area contributed by atoms with Crippen molar-refractivity contribution in [1.29, 1.82) is 0 Å². The zero-order chi connectivity index (χ0) is 12.0. The summed E-state index contributed by atoms with van der Waals surface area (Å²) >= 11 is 0. The van der Waals surface area contributed by atoms with Gasteiger partial charge in [-0.3, -0.25) is 4.79 Å². The maximum absolute atomic E-state index is 10.9. The normalized spacial score (nSPS) is 17.2. The van der Waals surface area contributed by atoms with Crippen LogP contribution in [0.5, 0.6) is 0 Å². The maximum Gasteiger partial charge on any atom is 0.304 e.